The molecular formula is C22H22N2O5S. The van der Waals surface area contributed by atoms with E-state index < -0.39 is 5.97 Å². The lowest BCUT2D eigenvalue weighted by molar-refractivity contribution is -0.142. The van der Waals surface area contributed by atoms with Gasteiger partial charge in [-0.1, -0.05) is 18.2 Å². The van der Waals surface area contributed by atoms with Crippen molar-refractivity contribution in [3.8, 4) is 11.5 Å². The smallest absolute Gasteiger partial charge is 0.343 e. The van der Waals surface area contributed by atoms with E-state index in [1.54, 1.807) is 24.3 Å². The Morgan fingerprint density at radius 2 is 2.00 bits per heavy atom. The summed E-state index contributed by atoms with van der Waals surface area (Å²) in [6.07, 6.45) is 1.76. The number of hydrogen-bond donors (Lipinski definition) is 1. The highest BCUT2D eigenvalue weighted by atomic mass is 32.2. The second-order valence-electron chi connectivity index (χ2n) is 6.32. The van der Waals surface area contributed by atoms with Gasteiger partial charge in [-0.15, -0.1) is 0 Å². The molecule has 7 nitrogen and oxygen atoms in total. The normalized spacial score (nSPS) is 15.9. The van der Waals surface area contributed by atoms with Crippen LogP contribution in [0.3, 0.4) is 0 Å². The summed E-state index contributed by atoms with van der Waals surface area (Å²) >= 11 is 1.27. The molecule has 0 bridgehead atoms. The monoisotopic (exact) mass is 426 g/mol. The van der Waals surface area contributed by atoms with Crippen LogP contribution in [-0.2, 0) is 14.3 Å². The van der Waals surface area contributed by atoms with Gasteiger partial charge in [-0.3, -0.25) is 4.79 Å². The highest BCUT2D eigenvalue weighted by Gasteiger charge is 2.24. The molecule has 8 heteroatoms. The van der Waals surface area contributed by atoms with E-state index in [1.165, 1.54) is 18.9 Å². The molecule has 0 aliphatic carbocycles. The van der Waals surface area contributed by atoms with Gasteiger partial charge in [-0.2, -0.15) is 0 Å². The van der Waals surface area contributed by atoms with Gasteiger partial charge in [0, 0.05) is 0 Å². The predicted octanol–water partition coefficient (Wildman–Crippen LogP) is 3.84. The topological polar surface area (TPSA) is 86.2 Å². The molecule has 2 aromatic rings. The van der Waals surface area contributed by atoms with E-state index in [-0.39, 0.29) is 12.5 Å². The maximum absolute atomic E-state index is 12.3. The molecule has 0 saturated carbocycles. The Balaban J connectivity index is 1.79. The number of amides is 1. The van der Waals surface area contributed by atoms with E-state index in [2.05, 4.69) is 15.0 Å². The Kier molecular flexibility index (Phi) is 7.13. The third kappa shape index (κ3) is 5.64. The molecule has 30 heavy (non-hydrogen) atoms. The Labute approximate surface area is 179 Å². The van der Waals surface area contributed by atoms with E-state index in [9.17, 15) is 9.59 Å². The first kappa shape index (κ1) is 21.4. The average Bonchev–Trinajstić information content (AvgIpc) is 3.06. The molecule has 0 atom stereocenters. The molecule has 0 aromatic heterocycles. The Bertz CT molecular complexity index is 1020. The van der Waals surface area contributed by atoms with E-state index >= 15 is 0 Å². The summed E-state index contributed by atoms with van der Waals surface area (Å²) in [6, 6.07) is 13.0. The molecule has 3 rings (SSSR count). The van der Waals surface area contributed by atoms with Crippen LogP contribution >= 0.6 is 11.8 Å². The number of rotatable bonds is 7. The number of aryl methyl sites for hydroxylation is 1. The summed E-state index contributed by atoms with van der Waals surface area (Å²) < 4.78 is 15.6. The lowest BCUT2D eigenvalue weighted by Crippen LogP contribution is -2.19. The highest BCUT2D eigenvalue weighted by Crippen LogP contribution is 2.32. The molecule has 1 fully saturated rings. The summed E-state index contributed by atoms with van der Waals surface area (Å²) in [6.45, 7) is 4.05. The van der Waals surface area contributed by atoms with Crippen LogP contribution in [0.15, 0.2) is 52.4 Å². The van der Waals surface area contributed by atoms with Crippen molar-refractivity contribution < 1.29 is 23.8 Å². The molecule has 1 saturated heterocycles. The van der Waals surface area contributed by atoms with Gasteiger partial charge in [0.15, 0.2) is 23.3 Å². The fourth-order valence-corrected chi connectivity index (χ4v) is 3.49. The number of methoxy groups -OCH3 is 1. The highest BCUT2D eigenvalue weighted by molar-refractivity contribution is 8.18. The van der Waals surface area contributed by atoms with Crippen LogP contribution in [0.4, 0.5) is 5.69 Å². The molecule has 0 spiro atoms. The number of nitrogens with one attached hydrogen (secondary N) is 1. The van der Waals surface area contributed by atoms with Crippen LogP contribution in [0.25, 0.3) is 6.08 Å². The van der Waals surface area contributed by atoms with Gasteiger partial charge in [0.1, 0.15) is 0 Å². The predicted molar refractivity (Wildman–Crippen MR) is 117 cm³/mol. The van der Waals surface area contributed by atoms with Crippen molar-refractivity contribution in [2.75, 3.05) is 20.3 Å². The first-order valence-corrected chi connectivity index (χ1v) is 10.1. The standard InChI is InChI=1S/C22H22N2O5S/c1-4-28-18-11-15(8-9-17(18)29-13-20(25)27-3)12-19-21(26)24-22(30-19)23-16-7-5-6-14(2)10-16/h5-12H,4,13H2,1-3H3,(H,23,24,26). The lowest BCUT2D eigenvalue weighted by atomic mass is 10.2. The van der Waals surface area contributed by atoms with Gasteiger partial charge < -0.3 is 19.5 Å². The van der Waals surface area contributed by atoms with Crippen LogP contribution in [0.1, 0.15) is 18.1 Å². The number of ether oxygens (including phenoxy) is 3. The molecular weight excluding hydrogens is 404 g/mol. The minimum absolute atomic E-state index is 0.213. The summed E-state index contributed by atoms with van der Waals surface area (Å²) in [5.74, 6) is 0.209. The fraction of sp³-hybridized carbons (Fsp3) is 0.227. The second-order valence-corrected chi connectivity index (χ2v) is 7.36. The van der Waals surface area contributed by atoms with Gasteiger partial charge in [0.25, 0.3) is 5.91 Å². The Hall–Kier alpha value is -3.26. The van der Waals surface area contributed by atoms with Gasteiger partial charge in [0.05, 0.1) is 24.3 Å². The van der Waals surface area contributed by atoms with Gasteiger partial charge in [-0.25, -0.2) is 9.79 Å². The largest absolute Gasteiger partial charge is 0.490 e. The molecule has 1 aliphatic heterocycles. The van der Waals surface area contributed by atoms with Crippen LogP contribution < -0.4 is 14.8 Å². The fourth-order valence-electron chi connectivity index (χ4n) is 2.64. The lowest BCUT2D eigenvalue weighted by Gasteiger charge is -2.12. The maximum atomic E-state index is 12.3. The number of aliphatic imine (C=N–C) groups is 1. The first-order valence-electron chi connectivity index (χ1n) is 9.31. The van der Waals surface area contributed by atoms with Crippen molar-refractivity contribution in [3.05, 3.63) is 58.5 Å². The molecule has 1 N–H and O–H groups in total. The van der Waals surface area contributed by atoms with Crippen molar-refractivity contribution in [2.24, 2.45) is 4.99 Å². The molecule has 1 aliphatic rings. The average molecular weight is 426 g/mol. The summed E-state index contributed by atoms with van der Waals surface area (Å²) in [7, 11) is 1.30. The van der Waals surface area contributed by atoms with Crippen LogP contribution in [-0.4, -0.2) is 37.4 Å². The minimum Gasteiger partial charge on any atom is -0.490 e. The summed E-state index contributed by atoms with van der Waals surface area (Å²) in [4.78, 5) is 28.7. The molecule has 1 heterocycles. The molecule has 0 radical (unpaired) electrons. The van der Waals surface area contributed by atoms with E-state index in [4.69, 9.17) is 9.47 Å². The van der Waals surface area contributed by atoms with Crippen LogP contribution in [0, 0.1) is 6.92 Å². The third-order valence-electron chi connectivity index (χ3n) is 4.02. The van der Waals surface area contributed by atoms with Gasteiger partial charge >= 0.3 is 5.97 Å². The molecule has 156 valence electrons. The number of carbonyl (C=O) groups is 2. The molecule has 0 unspecified atom stereocenters. The van der Waals surface area contributed by atoms with Crippen molar-refractivity contribution in [3.63, 3.8) is 0 Å². The summed E-state index contributed by atoms with van der Waals surface area (Å²) in [5.41, 5.74) is 2.64. The number of carbonyl (C=O) groups excluding carboxylic acids is 2. The van der Waals surface area contributed by atoms with Gasteiger partial charge in [-0.05, 0) is 67.1 Å². The Morgan fingerprint density at radius 3 is 2.73 bits per heavy atom. The SMILES string of the molecule is CCOc1cc(C=C2SC(=Nc3cccc(C)c3)NC2=O)ccc1OCC(=O)OC. The van der Waals surface area contributed by atoms with E-state index in [0.717, 1.165) is 16.8 Å². The molecule has 1 amide bonds. The number of hydrogen-bond acceptors (Lipinski definition) is 7. The zero-order valence-corrected chi connectivity index (χ0v) is 17.7. The molecule has 2 aromatic carbocycles. The van der Waals surface area contributed by atoms with Crippen molar-refractivity contribution in [2.45, 2.75) is 13.8 Å². The first-order chi connectivity index (χ1) is 14.5. The number of thioether (sulfide) groups is 1. The summed E-state index contributed by atoms with van der Waals surface area (Å²) in [5, 5.41) is 3.31. The number of amidine groups is 1. The second kappa shape index (κ2) is 9.98. The maximum Gasteiger partial charge on any atom is 0.343 e. The third-order valence-corrected chi connectivity index (χ3v) is 4.93. The minimum atomic E-state index is -0.483. The number of nitrogens with zero attached hydrogens (tertiary/aromatic N) is 1. The van der Waals surface area contributed by atoms with Gasteiger partial charge in [0.2, 0.25) is 0 Å². The van der Waals surface area contributed by atoms with Crippen molar-refractivity contribution in [1.82, 2.24) is 5.32 Å². The van der Waals surface area contributed by atoms with Crippen LogP contribution in [0.5, 0.6) is 11.5 Å². The van der Waals surface area contributed by atoms with E-state index in [1.807, 2.05) is 38.1 Å². The zero-order valence-electron chi connectivity index (χ0n) is 16.9. The Morgan fingerprint density at radius 1 is 1.17 bits per heavy atom. The van der Waals surface area contributed by atoms with Crippen molar-refractivity contribution >= 4 is 40.6 Å². The zero-order chi connectivity index (χ0) is 21.5. The number of esters is 1. The number of benzene rings is 2. The quantitative estimate of drug-likeness (QED) is 0.535. The van der Waals surface area contributed by atoms with Crippen LogP contribution in [0.2, 0.25) is 0 Å². The van der Waals surface area contributed by atoms with Crippen molar-refractivity contribution in [1.29, 1.82) is 0 Å². The van der Waals surface area contributed by atoms with E-state index in [0.29, 0.717) is 28.2 Å².